The lowest BCUT2D eigenvalue weighted by Crippen LogP contribution is -2.21. The molecule has 1 spiro atoms. The third kappa shape index (κ3) is 1.21. The zero-order valence-corrected chi connectivity index (χ0v) is 8.44. The number of rotatable bonds is 0. The summed E-state index contributed by atoms with van der Waals surface area (Å²) < 4.78 is 0.490. The van der Waals surface area contributed by atoms with E-state index in [0.717, 1.165) is 0 Å². The Morgan fingerprint density at radius 3 is 2.31 bits per heavy atom. The van der Waals surface area contributed by atoms with Gasteiger partial charge in [0.05, 0.1) is 0 Å². The lowest BCUT2D eigenvalue weighted by atomic mass is 10.00. The normalized spacial score (nSPS) is 23.7. The van der Waals surface area contributed by atoms with Gasteiger partial charge >= 0.3 is 0 Å². The van der Waals surface area contributed by atoms with Crippen LogP contribution in [0.5, 0.6) is 0 Å². The molecule has 1 fully saturated rings. The third-order valence-corrected chi connectivity index (χ3v) is 4.59. The average Bonchev–Trinajstić information content (AvgIpc) is 2.72. The summed E-state index contributed by atoms with van der Waals surface area (Å²) in [7, 11) is 0. The van der Waals surface area contributed by atoms with E-state index in [2.05, 4.69) is 42.4 Å². The molecular weight excluding hydrogens is 176 g/mol. The van der Waals surface area contributed by atoms with Gasteiger partial charge in [0.2, 0.25) is 0 Å². The lowest BCUT2D eigenvalue weighted by molar-refractivity contribution is 0.712. The van der Waals surface area contributed by atoms with Gasteiger partial charge in [-0.05, 0) is 42.6 Å². The van der Waals surface area contributed by atoms with Gasteiger partial charge in [-0.1, -0.05) is 24.3 Å². The van der Waals surface area contributed by atoms with E-state index in [1.807, 2.05) is 0 Å². The largest absolute Gasteiger partial charge is 0.154 e. The molecule has 0 aromatic heterocycles. The molecule has 0 saturated carbocycles. The molecule has 0 N–H and O–H groups in total. The lowest BCUT2D eigenvalue weighted by Gasteiger charge is -2.20. The van der Waals surface area contributed by atoms with Gasteiger partial charge in [0.25, 0.3) is 0 Å². The summed E-state index contributed by atoms with van der Waals surface area (Å²) in [5.41, 5.74) is 3.15. The second-order valence-electron chi connectivity index (χ2n) is 4.03. The summed E-state index contributed by atoms with van der Waals surface area (Å²) in [4.78, 5) is 0. The molecule has 0 amide bonds. The van der Waals surface area contributed by atoms with E-state index in [-0.39, 0.29) is 0 Å². The maximum Gasteiger partial charge on any atom is 0.0272 e. The van der Waals surface area contributed by atoms with Gasteiger partial charge in [-0.2, -0.15) is 11.8 Å². The third-order valence-electron chi connectivity index (χ3n) is 3.12. The van der Waals surface area contributed by atoms with Crippen LogP contribution in [0.15, 0.2) is 24.3 Å². The monoisotopic (exact) mass is 189 g/mol. The molecule has 1 heterocycles. The van der Waals surface area contributed by atoms with E-state index in [4.69, 9.17) is 0 Å². The van der Waals surface area contributed by atoms with Crippen LogP contribution in [0.3, 0.4) is 0 Å². The number of fused-ring (bicyclic) bond motifs is 1. The van der Waals surface area contributed by atoms with Crippen LogP contribution in [-0.4, -0.2) is 10.5 Å². The Bertz CT molecular complexity index is 297. The Balaban J connectivity index is 1.96. The standard InChI is InChI=1S/C12H13S/c1-2-5-11-9-12(6-3-7-13-12)8-10(11)4-1/h1-2,4-6H,3,7-9H2. The minimum atomic E-state index is 0.490. The van der Waals surface area contributed by atoms with Gasteiger partial charge in [0, 0.05) is 4.75 Å². The van der Waals surface area contributed by atoms with Crippen molar-refractivity contribution in [2.45, 2.75) is 24.0 Å². The highest BCUT2D eigenvalue weighted by Gasteiger charge is 2.40. The Labute approximate surface area is 83.7 Å². The smallest absolute Gasteiger partial charge is 0.0272 e. The number of hydrogen-bond acceptors (Lipinski definition) is 1. The Hall–Kier alpha value is -0.430. The summed E-state index contributed by atoms with van der Waals surface area (Å²) in [6.07, 6.45) is 6.39. The first-order valence-corrected chi connectivity index (χ1v) is 5.92. The Kier molecular flexibility index (Phi) is 1.69. The van der Waals surface area contributed by atoms with E-state index in [0.29, 0.717) is 4.75 Å². The molecule has 1 heteroatoms. The van der Waals surface area contributed by atoms with Crippen molar-refractivity contribution in [3.05, 3.63) is 41.8 Å². The average molecular weight is 189 g/mol. The first-order valence-electron chi connectivity index (χ1n) is 4.93. The molecule has 1 saturated heterocycles. The molecule has 1 aromatic rings. The first-order chi connectivity index (χ1) is 6.38. The summed E-state index contributed by atoms with van der Waals surface area (Å²) in [5, 5.41) is 0. The van der Waals surface area contributed by atoms with Crippen molar-refractivity contribution < 1.29 is 0 Å². The highest BCUT2D eigenvalue weighted by molar-refractivity contribution is 8.01. The van der Waals surface area contributed by atoms with Crippen molar-refractivity contribution in [1.82, 2.24) is 0 Å². The van der Waals surface area contributed by atoms with E-state index in [9.17, 15) is 0 Å². The molecule has 0 nitrogen and oxygen atoms in total. The van der Waals surface area contributed by atoms with Crippen LogP contribution in [0.4, 0.5) is 0 Å². The molecular formula is C12H13S. The van der Waals surface area contributed by atoms with Gasteiger partial charge in [-0.15, -0.1) is 0 Å². The van der Waals surface area contributed by atoms with Crippen LogP contribution in [0.2, 0.25) is 0 Å². The van der Waals surface area contributed by atoms with Crippen LogP contribution in [-0.2, 0) is 12.8 Å². The second kappa shape index (κ2) is 2.78. The van der Waals surface area contributed by atoms with Crippen molar-refractivity contribution in [1.29, 1.82) is 0 Å². The maximum absolute atomic E-state index is 2.54. The van der Waals surface area contributed by atoms with Crippen molar-refractivity contribution in [3.63, 3.8) is 0 Å². The zero-order valence-electron chi connectivity index (χ0n) is 7.62. The van der Waals surface area contributed by atoms with Crippen molar-refractivity contribution in [3.8, 4) is 0 Å². The number of benzene rings is 1. The summed E-state index contributed by atoms with van der Waals surface area (Å²) in [6, 6.07) is 8.91. The van der Waals surface area contributed by atoms with Gasteiger partial charge in [-0.3, -0.25) is 0 Å². The molecule has 0 unspecified atom stereocenters. The molecule has 67 valence electrons. The first kappa shape index (κ1) is 7.93. The Morgan fingerprint density at radius 1 is 1.08 bits per heavy atom. The summed E-state index contributed by atoms with van der Waals surface area (Å²) >= 11 is 2.15. The predicted octanol–water partition coefficient (Wildman–Crippen LogP) is 2.87. The van der Waals surface area contributed by atoms with Crippen LogP contribution in [0.25, 0.3) is 0 Å². The van der Waals surface area contributed by atoms with Gasteiger partial charge in [-0.25, -0.2) is 0 Å². The van der Waals surface area contributed by atoms with E-state index in [1.165, 1.54) is 25.0 Å². The zero-order chi connectivity index (χ0) is 8.73. The molecule has 3 rings (SSSR count). The fourth-order valence-electron chi connectivity index (χ4n) is 2.50. The molecule has 1 aliphatic carbocycles. The highest BCUT2D eigenvalue weighted by Crippen LogP contribution is 2.47. The van der Waals surface area contributed by atoms with Crippen molar-refractivity contribution in [2.24, 2.45) is 0 Å². The van der Waals surface area contributed by atoms with Gasteiger partial charge in [0.1, 0.15) is 0 Å². The molecule has 0 atom stereocenters. The molecule has 1 aromatic carbocycles. The minimum absolute atomic E-state index is 0.490. The molecule has 0 bridgehead atoms. The highest BCUT2D eigenvalue weighted by atomic mass is 32.2. The minimum Gasteiger partial charge on any atom is -0.154 e. The van der Waals surface area contributed by atoms with Crippen LogP contribution in [0, 0.1) is 6.42 Å². The molecule has 1 aliphatic heterocycles. The maximum atomic E-state index is 2.54. The van der Waals surface area contributed by atoms with E-state index in [1.54, 1.807) is 11.1 Å². The van der Waals surface area contributed by atoms with Gasteiger partial charge in [0.15, 0.2) is 0 Å². The van der Waals surface area contributed by atoms with Crippen molar-refractivity contribution in [2.75, 3.05) is 5.75 Å². The summed E-state index contributed by atoms with van der Waals surface area (Å²) in [6.45, 7) is 0. The fraction of sp³-hybridized carbons (Fsp3) is 0.417. The SMILES string of the molecule is [CH]1CCSC12Cc1ccccc1C2. The fourth-order valence-corrected chi connectivity index (χ4v) is 3.89. The topological polar surface area (TPSA) is 0 Å². The van der Waals surface area contributed by atoms with E-state index >= 15 is 0 Å². The van der Waals surface area contributed by atoms with Crippen LogP contribution in [0.1, 0.15) is 17.5 Å². The Morgan fingerprint density at radius 2 is 1.77 bits per heavy atom. The van der Waals surface area contributed by atoms with E-state index < -0.39 is 0 Å². The number of thioether (sulfide) groups is 1. The predicted molar refractivity (Wildman–Crippen MR) is 58.0 cm³/mol. The quantitative estimate of drug-likeness (QED) is 0.604. The van der Waals surface area contributed by atoms with Crippen LogP contribution >= 0.6 is 11.8 Å². The number of hydrogen-bond donors (Lipinski definition) is 0. The molecule has 2 aliphatic rings. The van der Waals surface area contributed by atoms with Crippen molar-refractivity contribution >= 4 is 11.8 Å². The second-order valence-corrected chi connectivity index (χ2v) is 5.54. The summed E-state index contributed by atoms with van der Waals surface area (Å²) in [5.74, 6) is 1.33. The van der Waals surface area contributed by atoms with Gasteiger partial charge < -0.3 is 0 Å². The molecule has 13 heavy (non-hydrogen) atoms. The van der Waals surface area contributed by atoms with Crippen LogP contribution < -0.4 is 0 Å². The molecule has 1 radical (unpaired) electrons.